The summed E-state index contributed by atoms with van der Waals surface area (Å²) < 4.78 is 5.47. The highest BCUT2D eigenvalue weighted by Crippen LogP contribution is 2.25. The number of nitrogens with one attached hydrogen (secondary N) is 1. The average Bonchev–Trinajstić information content (AvgIpc) is 2.78. The van der Waals surface area contributed by atoms with Gasteiger partial charge in [-0.05, 0) is 49.4 Å². The van der Waals surface area contributed by atoms with Crippen molar-refractivity contribution in [1.82, 2.24) is 9.97 Å². The van der Waals surface area contributed by atoms with Crippen LogP contribution in [-0.4, -0.2) is 27.9 Å². The molecule has 4 aromatic rings. The number of rotatable bonds is 5. The molecule has 0 saturated carbocycles. The summed E-state index contributed by atoms with van der Waals surface area (Å²) in [6, 6.07) is 21.1. The van der Waals surface area contributed by atoms with Gasteiger partial charge in [-0.1, -0.05) is 41.9 Å². The van der Waals surface area contributed by atoms with E-state index in [0.717, 1.165) is 0 Å². The Kier molecular flexibility index (Phi) is 5.91. The van der Waals surface area contributed by atoms with Crippen molar-refractivity contribution < 1.29 is 14.3 Å². The highest BCUT2D eigenvalue weighted by molar-refractivity contribution is 6.30. The van der Waals surface area contributed by atoms with Crippen LogP contribution in [0, 0.1) is 0 Å². The Labute approximate surface area is 183 Å². The highest BCUT2D eigenvalue weighted by Gasteiger charge is 2.22. The van der Waals surface area contributed by atoms with E-state index < -0.39 is 18.0 Å². The van der Waals surface area contributed by atoms with Crippen LogP contribution in [0.3, 0.4) is 0 Å². The summed E-state index contributed by atoms with van der Waals surface area (Å²) >= 11 is 5.95. The van der Waals surface area contributed by atoms with E-state index in [1.165, 1.54) is 6.92 Å². The maximum absolute atomic E-state index is 13.0. The molecule has 0 spiro atoms. The molecular formula is C24H18ClN3O3. The first kappa shape index (κ1) is 20.5. The van der Waals surface area contributed by atoms with Gasteiger partial charge in [-0.15, -0.1) is 0 Å². The fraction of sp³-hybridized carbons (Fsp3) is 0.0833. The Morgan fingerprint density at radius 3 is 2.55 bits per heavy atom. The normalized spacial score (nSPS) is 11.7. The van der Waals surface area contributed by atoms with Crippen molar-refractivity contribution in [3.63, 3.8) is 0 Å². The largest absolute Gasteiger partial charge is 0.449 e. The standard InChI is InChI=1S/C24H18ClN3O3/c1-15(23(29)27-17-8-6-7-16(25)13-17)31-24(30)19-14-22(21-11-4-5-12-26-21)28-20-10-3-2-9-18(19)20/h2-15H,1H3,(H,27,29). The first-order valence-corrected chi connectivity index (χ1v) is 9.97. The summed E-state index contributed by atoms with van der Waals surface area (Å²) in [5.41, 5.74) is 2.64. The van der Waals surface area contributed by atoms with E-state index in [1.807, 2.05) is 30.3 Å². The Bertz CT molecular complexity index is 1260. The van der Waals surface area contributed by atoms with Gasteiger partial charge in [0.1, 0.15) is 0 Å². The summed E-state index contributed by atoms with van der Waals surface area (Å²) in [5, 5.41) is 3.82. The van der Waals surface area contributed by atoms with Crippen LogP contribution in [0.25, 0.3) is 22.3 Å². The smallest absolute Gasteiger partial charge is 0.339 e. The number of fused-ring (bicyclic) bond motifs is 1. The Hall–Kier alpha value is -3.77. The quantitative estimate of drug-likeness (QED) is 0.443. The molecule has 1 unspecified atom stereocenters. The predicted molar refractivity (Wildman–Crippen MR) is 120 cm³/mol. The van der Waals surface area contributed by atoms with Crippen LogP contribution in [0.1, 0.15) is 17.3 Å². The minimum absolute atomic E-state index is 0.314. The number of benzene rings is 2. The van der Waals surface area contributed by atoms with Gasteiger partial charge in [0.25, 0.3) is 5.91 Å². The zero-order valence-electron chi connectivity index (χ0n) is 16.6. The second-order valence-electron chi connectivity index (χ2n) is 6.83. The molecule has 4 rings (SSSR count). The Morgan fingerprint density at radius 1 is 0.968 bits per heavy atom. The van der Waals surface area contributed by atoms with Crippen molar-refractivity contribution in [2.75, 3.05) is 5.32 Å². The lowest BCUT2D eigenvalue weighted by molar-refractivity contribution is -0.123. The van der Waals surface area contributed by atoms with Gasteiger partial charge >= 0.3 is 5.97 Å². The van der Waals surface area contributed by atoms with Crippen LogP contribution in [0.2, 0.25) is 5.02 Å². The predicted octanol–water partition coefficient (Wildman–Crippen LogP) is 5.13. The van der Waals surface area contributed by atoms with Gasteiger partial charge in [0, 0.05) is 22.3 Å². The van der Waals surface area contributed by atoms with Crippen molar-refractivity contribution in [1.29, 1.82) is 0 Å². The number of hydrogen-bond acceptors (Lipinski definition) is 5. The number of anilines is 1. The van der Waals surface area contributed by atoms with Gasteiger partial charge in [0.15, 0.2) is 6.10 Å². The number of carbonyl (C=O) groups excluding carboxylic acids is 2. The number of esters is 1. The molecule has 2 heterocycles. The molecule has 154 valence electrons. The van der Waals surface area contributed by atoms with E-state index in [9.17, 15) is 9.59 Å². The highest BCUT2D eigenvalue weighted by atomic mass is 35.5. The number of aromatic nitrogens is 2. The number of carbonyl (C=O) groups is 2. The number of halogens is 1. The summed E-state index contributed by atoms with van der Waals surface area (Å²) in [6.45, 7) is 1.51. The summed E-state index contributed by atoms with van der Waals surface area (Å²) in [4.78, 5) is 34.4. The molecule has 0 aliphatic heterocycles. The van der Waals surface area contributed by atoms with Gasteiger partial charge in [-0.3, -0.25) is 9.78 Å². The topological polar surface area (TPSA) is 81.2 Å². The SMILES string of the molecule is CC(OC(=O)c1cc(-c2ccccn2)nc2ccccc12)C(=O)Nc1cccc(Cl)c1. The van der Waals surface area contributed by atoms with Crippen LogP contribution in [0.5, 0.6) is 0 Å². The summed E-state index contributed by atoms with van der Waals surface area (Å²) in [5.74, 6) is -1.08. The van der Waals surface area contributed by atoms with E-state index in [4.69, 9.17) is 16.3 Å². The molecule has 1 N–H and O–H groups in total. The number of hydrogen-bond donors (Lipinski definition) is 1. The first-order chi connectivity index (χ1) is 15.0. The van der Waals surface area contributed by atoms with Crippen molar-refractivity contribution >= 4 is 40.1 Å². The van der Waals surface area contributed by atoms with Crippen LogP contribution >= 0.6 is 11.6 Å². The molecule has 2 aromatic heterocycles. The third-order valence-corrected chi connectivity index (χ3v) is 4.84. The number of para-hydroxylation sites is 1. The zero-order valence-corrected chi connectivity index (χ0v) is 17.3. The van der Waals surface area contributed by atoms with Crippen molar-refractivity contribution in [3.8, 4) is 11.4 Å². The van der Waals surface area contributed by atoms with Gasteiger partial charge in [0.05, 0.1) is 22.5 Å². The minimum Gasteiger partial charge on any atom is -0.449 e. The lowest BCUT2D eigenvalue weighted by atomic mass is 10.1. The van der Waals surface area contributed by atoms with Gasteiger partial charge in [0.2, 0.25) is 0 Å². The molecule has 7 heteroatoms. The Balaban J connectivity index is 1.60. The third kappa shape index (κ3) is 4.70. The average molecular weight is 432 g/mol. The number of nitrogens with zero attached hydrogens (tertiary/aromatic N) is 2. The van der Waals surface area contributed by atoms with Gasteiger partial charge < -0.3 is 10.1 Å². The van der Waals surface area contributed by atoms with Crippen molar-refractivity contribution in [2.45, 2.75) is 13.0 Å². The number of ether oxygens (including phenoxy) is 1. The molecule has 0 bridgehead atoms. The number of amides is 1. The van der Waals surface area contributed by atoms with Crippen LogP contribution in [0.4, 0.5) is 5.69 Å². The van der Waals surface area contributed by atoms with Crippen LogP contribution in [0.15, 0.2) is 79.0 Å². The van der Waals surface area contributed by atoms with E-state index in [2.05, 4.69) is 15.3 Å². The fourth-order valence-electron chi connectivity index (χ4n) is 3.08. The molecule has 0 radical (unpaired) electrons. The molecule has 2 aromatic carbocycles. The van der Waals surface area contributed by atoms with E-state index in [-0.39, 0.29) is 0 Å². The second kappa shape index (κ2) is 8.93. The summed E-state index contributed by atoms with van der Waals surface area (Å²) in [7, 11) is 0. The molecule has 0 aliphatic rings. The molecule has 1 amide bonds. The van der Waals surface area contributed by atoms with E-state index in [1.54, 1.807) is 48.7 Å². The van der Waals surface area contributed by atoms with Crippen LogP contribution < -0.4 is 5.32 Å². The molecule has 0 saturated heterocycles. The zero-order chi connectivity index (χ0) is 21.8. The molecule has 6 nitrogen and oxygen atoms in total. The maximum atomic E-state index is 13.0. The number of pyridine rings is 2. The van der Waals surface area contributed by atoms with Crippen molar-refractivity contribution in [2.24, 2.45) is 0 Å². The van der Waals surface area contributed by atoms with Gasteiger partial charge in [-0.2, -0.15) is 0 Å². The van der Waals surface area contributed by atoms with Crippen LogP contribution in [-0.2, 0) is 9.53 Å². The maximum Gasteiger partial charge on any atom is 0.339 e. The van der Waals surface area contributed by atoms with E-state index >= 15 is 0 Å². The summed E-state index contributed by atoms with van der Waals surface area (Å²) in [6.07, 6.45) is 0.642. The minimum atomic E-state index is -1.02. The first-order valence-electron chi connectivity index (χ1n) is 9.60. The lowest BCUT2D eigenvalue weighted by Gasteiger charge is -2.15. The molecule has 1 atom stereocenters. The third-order valence-electron chi connectivity index (χ3n) is 4.61. The molecule has 31 heavy (non-hydrogen) atoms. The van der Waals surface area contributed by atoms with Crippen molar-refractivity contribution in [3.05, 3.63) is 89.6 Å². The monoisotopic (exact) mass is 431 g/mol. The molecular weight excluding hydrogens is 414 g/mol. The molecule has 0 aliphatic carbocycles. The van der Waals surface area contributed by atoms with Gasteiger partial charge in [-0.25, -0.2) is 9.78 Å². The Morgan fingerprint density at radius 2 is 1.77 bits per heavy atom. The fourth-order valence-corrected chi connectivity index (χ4v) is 3.27. The second-order valence-corrected chi connectivity index (χ2v) is 7.27. The van der Waals surface area contributed by atoms with E-state index in [0.29, 0.717) is 38.6 Å². The molecule has 0 fully saturated rings. The lowest BCUT2D eigenvalue weighted by Crippen LogP contribution is -2.30.